The SMILES string of the molecule is OCCCCOCCCCOCCCCOCCCCOCCCCOCCCCOCCCCOCCCCOCCCCOCCCCO. The van der Waals surface area contributed by atoms with Gasteiger partial charge in [0.2, 0.25) is 0 Å². The van der Waals surface area contributed by atoms with Gasteiger partial charge in [-0.2, -0.15) is 0 Å². The summed E-state index contributed by atoms with van der Waals surface area (Å²) >= 11 is 0. The second-order valence-corrected chi connectivity index (χ2v) is 13.0. The summed E-state index contributed by atoms with van der Waals surface area (Å²) in [6.45, 7) is 14.8. The van der Waals surface area contributed by atoms with Crippen LogP contribution in [0.5, 0.6) is 0 Å². The summed E-state index contributed by atoms with van der Waals surface area (Å²) in [6, 6.07) is 0. The average molecular weight is 739 g/mol. The van der Waals surface area contributed by atoms with Gasteiger partial charge in [0.15, 0.2) is 0 Å². The van der Waals surface area contributed by atoms with Gasteiger partial charge in [-0.05, 0) is 128 Å². The number of hydrogen-bond donors (Lipinski definition) is 2. The zero-order valence-electron chi connectivity index (χ0n) is 32.9. The number of hydrogen-bond acceptors (Lipinski definition) is 11. The van der Waals surface area contributed by atoms with E-state index in [2.05, 4.69) is 0 Å². The molecule has 51 heavy (non-hydrogen) atoms. The van der Waals surface area contributed by atoms with Crippen molar-refractivity contribution in [2.24, 2.45) is 0 Å². The first-order valence-corrected chi connectivity index (χ1v) is 20.8. The Labute approximate surface area is 313 Å². The summed E-state index contributed by atoms with van der Waals surface area (Å²) in [7, 11) is 0. The third-order valence-corrected chi connectivity index (χ3v) is 8.01. The van der Waals surface area contributed by atoms with Crippen molar-refractivity contribution in [2.75, 3.05) is 132 Å². The van der Waals surface area contributed by atoms with Crippen LogP contribution in [0.25, 0.3) is 0 Å². The molecule has 2 N–H and O–H groups in total. The van der Waals surface area contributed by atoms with Crippen molar-refractivity contribution >= 4 is 0 Å². The van der Waals surface area contributed by atoms with Gasteiger partial charge in [0.05, 0.1) is 0 Å². The zero-order valence-corrected chi connectivity index (χ0v) is 32.9. The molecule has 0 amide bonds. The van der Waals surface area contributed by atoms with Gasteiger partial charge in [-0.25, -0.2) is 0 Å². The standard InChI is InChI=1S/C40H82O11/c41-21-1-3-23-43-25-5-7-27-45-29-9-11-31-47-33-13-15-35-49-37-17-19-39-51-40-20-18-38-50-36-16-14-34-48-32-12-10-30-46-28-8-6-26-44-24-4-2-22-42/h41-42H,1-40H2. The second-order valence-electron chi connectivity index (χ2n) is 13.0. The Morgan fingerprint density at radius 3 is 0.353 bits per heavy atom. The van der Waals surface area contributed by atoms with E-state index in [1.165, 1.54) is 0 Å². The van der Waals surface area contributed by atoms with Crippen LogP contribution >= 0.6 is 0 Å². The molecule has 0 aromatic carbocycles. The summed E-state index contributed by atoms with van der Waals surface area (Å²) in [5.74, 6) is 0. The average Bonchev–Trinajstić information content (AvgIpc) is 3.14. The molecule has 11 heteroatoms. The van der Waals surface area contributed by atoms with Gasteiger partial charge in [0.1, 0.15) is 0 Å². The van der Waals surface area contributed by atoms with Crippen molar-refractivity contribution < 1.29 is 52.8 Å². The Morgan fingerprint density at radius 1 is 0.157 bits per heavy atom. The lowest BCUT2D eigenvalue weighted by Crippen LogP contribution is -2.05. The summed E-state index contributed by atoms with van der Waals surface area (Å²) < 4.78 is 51.0. The Balaban J connectivity index is 3.04. The van der Waals surface area contributed by atoms with Crippen LogP contribution in [0.2, 0.25) is 0 Å². The highest BCUT2D eigenvalue weighted by Gasteiger charge is 1.98. The fraction of sp³-hybridized carbons (Fsp3) is 1.00. The van der Waals surface area contributed by atoms with Crippen LogP contribution in [-0.2, 0) is 42.6 Å². The van der Waals surface area contributed by atoms with Gasteiger partial charge in [-0.3, -0.25) is 0 Å². The molecule has 0 aliphatic rings. The highest BCUT2D eigenvalue weighted by atomic mass is 16.5. The highest BCUT2D eigenvalue weighted by molar-refractivity contribution is 4.47. The van der Waals surface area contributed by atoms with Crippen molar-refractivity contribution in [2.45, 2.75) is 128 Å². The van der Waals surface area contributed by atoms with E-state index in [0.29, 0.717) is 0 Å². The quantitative estimate of drug-likeness (QED) is 0.0633. The predicted molar refractivity (Wildman–Crippen MR) is 204 cm³/mol. The molecule has 308 valence electrons. The molecule has 0 aromatic rings. The van der Waals surface area contributed by atoms with Crippen LogP contribution in [0, 0.1) is 0 Å². The molecule has 0 aromatic heterocycles. The lowest BCUT2D eigenvalue weighted by Gasteiger charge is -2.08. The maximum atomic E-state index is 8.72. The minimum atomic E-state index is 0.250. The molecular weight excluding hydrogens is 656 g/mol. The first-order chi connectivity index (χ1) is 25.4. The Morgan fingerprint density at radius 2 is 0.255 bits per heavy atom. The van der Waals surface area contributed by atoms with E-state index < -0.39 is 0 Å². The van der Waals surface area contributed by atoms with Gasteiger partial charge >= 0.3 is 0 Å². The minimum absolute atomic E-state index is 0.250. The van der Waals surface area contributed by atoms with E-state index >= 15 is 0 Å². The van der Waals surface area contributed by atoms with Gasteiger partial charge in [-0.1, -0.05) is 0 Å². The summed E-state index contributed by atoms with van der Waals surface area (Å²) in [5, 5.41) is 17.4. The van der Waals surface area contributed by atoms with Crippen molar-refractivity contribution in [3.05, 3.63) is 0 Å². The molecule has 0 fully saturated rings. The van der Waals surface area contributed by atoms with Gasteiger partial charge in [-0.15, -0.1) is 0 Å². The summed E-state index contributed by atoms with van der Waals surface area (Å²) in [6.07, 6.45) is 20.2. The largest absolute Gasteiger partial charge is 0.396 e. The highest BCUT2D eigenvalue weighted by Crippen LogP contribution is 2.02. The lowest BCUT2D eigenvalue weighted by molar-refractivity contribution is 0.0772. The fourth-order valence-corrected chi connectivity index (χ4v) is 4.82. The third kappa shape index (κ3) is 49.6. The molecule has 0 bridgehead atoms. The van der Waals surface area contributed by atoms with Crippen LogP contribution in [0.4, 0.5) is 0 Å². The predicted octanol–water partition coefficient (Wildman–Crippen LogP) is 6.92. The van der Waals surface area contributed by atoms with E-state index in [1.54, 1.807) is 0 Å². The van der Waals surface area contributed by atoms with Crippen LogP contribution in [0.15, 0.2) is 0 Å². The van der Waals surface area contributed by atoms with Gasteiger partial charge in [0, 0.05) is 132 Å². The number of aliphatic hydroxyl groups is 2. The molecule has 0 radical (unpaired) electrons. The Bertz CT molecular complexity index is 541. The van der Waals surface area contributed by atoms with E-state index in [1.807, 2.05) is 0 Å². The van der Waals surface area contributed by atoms with Gasteiger partial charge < -0.3 is 52.8 Å². The normalized spacial score (nSPS) is 11.6. The first kappa shape index (κ1) is 50.6. The van der Waals surface area contributed by atoms with Crippen molar-refractivity contribution in [3.63, 3.8) is 0 Å². The van der Waals surface area contributed by atoms with E-state index in [4.69, 9.17) is 52.8 Å². The zero-order chi connectivity index (χ0) is 36.6. The molecule has 0 heterocycles. The third-order valence-electron chi connectivity index (χ3n) is 8.01. The molecule has 0 saturated carbocycles. The van der Waals surface area contributed by atoms with Crippen LogP contribution in [0.3, 0.4) is 0 Å². The van der Waals surface area contributed by atoms with E-state index in [0.717, 1.165) is 247 Å². The summed E-state index contributed by atoms with van der Waals surface area (Å²) in [5.41, 5.74) is 0. The minimum Gasteiger partial charge on any atom is -0.396 e. The Kier molecular flexibility index (Phi) is 49.1. The molecule has 0 atom stereocenters. The number of ether oxygens (including phenoxy) is 9. The molecule has 0 unspecified atom stereocenters. The topological polar surface area (TPSA) is 124 Å². The first-order valence-electron chi connectivity index (χ1n) is 20.8. The molecule has 11 nitrogen and oxygen atoms in total. The number of unbranched alkanes of at least 4 members (excludes halogenated alkanes) is 10. The lowest BCUT2D eigenvalue weighted by atomic mass is 10.3. The molecule has 0 rings (SSSR count). The van der Waals surface area contributed by atoms with Crippen LogP contribution in [-0.4, -0.2) is 142 Å². The molecule has 0 spiro atoms. The second kappa shape index (κ2) is 49.6. The molecule has 0 aliphatic carbocycles. The van der Waals surface area contributed by atoms with Crippen molar-refractivity contribution in [1.29, 1.82) is 0 Å². The number of rotatable bonds is 48. The van der Waals surface area contributed by atoms with Crippen molar-refractivity contribution in [1.82, 2.24) is 0 Å². The van der Waals surface area contributed by atoms with Crippen LogP contribution in [0.1, 0.15) is 128 Å². The monoisotopic (exact) mass is 739 g/mol. The maximum absolute atomic E-state index is 8.72. The maximum Gasteiger partial charge on any atom is 0.0466 e. The summed E-state index contributed by atoms with van der Waals surface area (Å²) in [4.78, 5) is 0. The van der Waals surface area contributed by atoms with Gasteiger partial charge in [0.25, 0.3) is 0 Å². The molecule has 0 saturated heterocycles. The van der Waals surface area contributed by atoms with E-state index in [-0.39, 0.29) is 13.2 Å². The number of aliphatic hydroxyl groups excluding tert-OH is 2. The fourth-order valence-electron chi connectivity index (χ4n) is 4.82. The Hall–Kier alpha value is -0.440. The van der Waals surface area contributed by atoms with Crippen LogP contribution < -0.4 is 0 Å². The smallest absolute Gasteiger partial charge is 0.0466 e. The van der Waals surface area contributed by atoms with Crippen molar-refractivity contribution in [3.8, 4) is 0 Å². The molecular formula is C40H82O11. The van der Waals surface area contributed by atoms with E-state index in [9.17, 15) is 0 Å². The molecule has 0 aliphatic heterocycles.